The van der Waals surface area contributed by atoms with E-state index in [9.17, 15) is 14.0 Å². The van der Waals surface area contributed by atoms with Gasteiger partial charge < -0.3 is 14.5 Å². The second-order valence-electron chi connectivity index (χ2n) is 8.48. The van der Waals surface area contributed by atoms with E-state index in [0.717, 1.165) is 28.4 Å². The Morgan fingerprint density at radius 1 is 0.886 bits per heavy atom. The van der Waals surface area contributed by atoms with Crippen molar-refractivity contribution in [1.82, 2.24) is 14.7 Å². The van der Waals surface area contributed by atoms with Crippen molar-refractivity contribution in [3.63, 3.8) is 0 Å². The van der Waals surface area contributed by atoms with Gasteiger partial charge in [-0.25, -0.2) is 4.39 Å². The summed E-state index contributed by atoms with van der Waals surface area (Å²) in [5.41, 5.74) is 0.848. The highest BCUT2D eigenvalue weighted by atomic mass is 32.1. The summed E-state index contributed by atoms with van der Waals surface area (Å²) in [4.78, 5) is 34.5. The summed E-state index contributed by atoms with van der Waals surface area (Å²) in [7, 11) is 0. The monoisotopic (exact) mass is 515 g/mol. The first-order chi connectivity index (χ1) is 17.1. The lowest BCUT2D eigenvalue weighted by molar-refractivity contribution is -0.141. The van der Waals surface area contributed by atoms with E-state index in [1.165, 1.54) is 12.1 Å². The number of hydrogen-bond acceptors (Lipinski definition) is 6. The normalized spacial score (nSPS) is 14.1. The molecule has 1 aliphatic rings. The van der Waals surface area contributed by atoms with E-state index in [0.29, 0.717) is 39.4 Å². The van der Waals surface area contributed by atoms with Gasteiger partial charge in [0.25, 0.3) is 0 Å². The molecule has 3 heterocycles. The minimum absolute atomic E-state index is 0.0150. The van der Waals surface area contributed by atoms with Gasteiger partial charge in [0.05, 0.1) is 32.7 Å². The van der Waals surface area contributed by atoms with Crippen molar-refractivity contribution in [2.75, 3.05) is 45.9 Å². The highest BCUT2D eigenvalue weighted by molar-refractivity contribution is 7.10. The molecule has 1 saturated heterocycles. The van der Waals surface area contributed by atoms with Gasteiger partial charge in [-0.1, -0.05) is 24.3 Å². The van der Waals surface area contributed by atoms with E-state index < -0.39 is 0 Å². The second kappa shape index (κ2) is 12.9. The van der Waals surface area contributed by atoms with Crippen LogP contribution in [-0.4, -0.2) is 72.5 Å². The third kappa shape index (κ3) is 7.96. The molecule has 0 radical (unpaired) electrons. The first kappa shape index (κ1) is 25.5. The molecule has 2 aromatic heterocycles. The van der Waals surface area contributed by atoms with E-state index in [1.807, 2.05) is 35.0 Å². The summed E-state index contributed by atoms with van der Waals surface area (Å²) < 4.78 is 18.8. The van der Waals surface area contributed by atoms with E-state index in [4.69, 9.17) is 4.74 Å². The number of nitrogens with zero attached hydrogens (tertiary/aromatic N) is 3. The Morgan fingerprint density at radius 3 is 2.23 bits per heavy atom. The Kier molecular flexibility index (Phi) is 9.42. The molecule has 1 aliphatic heterocycles. The maximum Gasteiger partial charge on any atom is 0.242 e. The van der Waals surface area contributed by atoms with Gasteiger partial charge >= 0.3 is 0 Å². The molecule has 2 amide bonds. The first-order valence-corrected chi connectivity index (χ1v) is 13.5. The molecule has 4 rings (SSSR count). The number of hydrogen-bond donors (Lipinski definition) is 0. The van der Waals surface area contributed by atoms with Gasteiger partial charge in [-0.05, 0) is 40.6 Å². The molecule has 35 heavy (non-hydrogen) atoms. The van der Waals surface area contributed by atoms with Crippen molar-refractivity contribution in [2.24, 2.45) is 0 Å². The predicted molar refractivity (Wildman–Crippen MR) is 137 cm³/mol. The number of morpholine rings is 1. The molecule has 0 aliphatic carbocycles. The summed E-state index contributed by atoms with van der Waals surface area (Å²) in [6.07, 6.45) is 0.289. The molecule has 0 N–H and O–H groups in total. The highest BCUT2D eigenvalue weighted by Gasteiger charge is 2.23. The Bertz CT molecular complexity index is 1050. The van der Waals surface area contributed by atoms with Crippen LogP contribution >= 0.6 is 22.7 Å². The van der Waals surface area contributed by atoms with Crippen LogP contribution in [0.3, 0.4) is 0 Å². The molecule has 1 aromatic carbocycles. The fourth-order valence-electron chi connectivity index (χ4n) is 3.95. The van der Waals surface area contributed by atoms with Crippen LogP contribution < -0.4 is 0 Å². The molecule has 0 saturated carbocycles. The number of carbonyl (C=O) groups is 2. The molecule has 186 valence electrons. The number of halogens is 1. The van der Waals surface area contributed by atoms with Gasteiger partial charge in [-0.2, -0.15) is 0 Å². The molecule has 0 bridgehead atoms. The summed E-state index contributed by atoms with van der Waals surface area (Å²) in [6, 6.07) is 14.0. The van der Waals surface area contributed by atoms with Crippen molar-refractivity contribution in [3.05, 3.63) is 80.4 Å². The Balaban J connectivity index is 1.46. The van der Waals surface area contributed by atoms with Gasteiger partial charge in [0.1, 0.15) is 5.82 Å². The summed E-state index contributed by atoms with van der Waals surface area (Å²) in [5.74, 6) is -0.477. The van der Waals surface area contributed by atoms with Crippen LogP contribution in [0, 0.1) is 5.82 Å². The van der Waals surface area contributed by atoms with Crippen molar-refractivity contribution < 1.29 is 18.7 Å². The van der Waals surface area contributed by atoms with Crippen LogP contribution in [0.4, 0.5) is 4.39 Å². The Labute approximate surface area is 213 Å². The minimum Gasteiger partial charge on any atom is -0.379 e. The van der Waals surface area contributed by atoms with E-state index in [-0.39, 0.29) is 30.6 Å². The number of carbonyl (C=O) groups excluding carboxylic acids is 2. The van der Waals surface area contributed by atoms with Crippen LogP contribution in [0.25, 0.3) is 0 Å². The third-order valence-electron chi connectivity index (χ3n) is 5.94. The molecular formula is C26H30FN3O3S2. The molecule has 0 unspecified atom stereocenters. The lowest BCUT2D eigenvalue weighted by Gasteiger charge is -2.31. The smallest absolute Gasteiger partial charge is 0.242 e. The number of ether oxygens (including phenoxy) is 1. The zero-order valence-electron chi connectivity index (χ0n) is 19.6. The largest absolute Gasteiger partial charge is 0.379 e. The van der Waals surface area contributed by atoms with Crippen LogP contribution in [0.2, 0.25) is 0 Å². The SMILES string of the molecule is O=C(Cc1cccs1)N(CCN1CCOCC1)CC(=O)N(Cc1ccc(F)cc1)Cc1cccs1. The van der Waals surface area contributed by atoms with Gasteiger partial charge in [0.15, 0.2) is 0 Å². The third-order valence-corrected chi connectivity index (χ3v) is 7.68. The van der Waals surface area contributed by atoms with Crippen LogP contribution in [0.5, 0.6) is 0 Å². The quantitative estimate of drug-likeness (QED) is 0.389. The Hall–Kier alpha value is -2.59. The van der Waals surface area contributed by atoms with E-state index in [1.54, 1.807) is 44.6 Å². The number of thiophene rings is 2. The lowest BCUT2D eigenvalue weighted by atomic mass is 10.2. The first-order valence-electron chi connectivity index (χ1n) is 11.7. The molecular weight excluding hydrogens is 485 g/mol. The maximum absolute atomic E-state index is 13.5. The molecule has 0 atom stereocenters. The minimum atomic E-state index is -0.307. The van der Waals surface area contributed by atoms with Crippen LogP contribution in [0.1, 0.15) is 15.3 Å². The van der Waals surface area contributed by atoms with Gasteiger partial charge in [0, 0.05) is 42.5 Å². The van der Waals surface area contributed by atoms with Gasteiger partial charge in [-0.3, -0.25) is 14.5 Å². The maximum atomic E-state index is 13.5. The Morgan fingerprint density at radius 2 is 1.57 bits per heavy atom. The fourth-order valence-corrected chi connectivity index (χ4v) is 5.36. The number of rotatable bonds is 11. The fraction of sp³-hybridized carbons (Fsp3) is 0.385. The van der Waals surface area contributed by atoms with Gasteiger partial charge in [0.2, 0.25) is 11.8 Å². The van der Waals surface area contributed by atoms with Crippen molar-refractivity contribution in [1.29, 1.82) is 0 Å². The van der Waals surface area contributed by atoms with Crippen molar-refractivity contribution in [3.8, 4) is 0 Å². The highest BCUT2D eigenvalue weighted by Crippen LogP contribution is 2.17. The standard InChI is InChI=1S/C26H30FN3O3S2/c27-22-7-5-21(6-8-22)18-30(19-24-4-2-16-35-24)26(32)20-29(10-9-28-11-13-33-14-12-28)25(31)17-23-3-1-15-34-23/h1-8,15-16H,9-14,17-20H2. The molecule has 9 heteroatoms. The zero-order valence-corrected chi connectivity index (χ0v) is 21.2. The number of amides is 2. The average Bonchev–Trinajstić information content (AvgIpc) is 3.57. The molecule has 0 spiro atoms. The average molecular weight is 516 g/mol. The van der Waals surface area contributed by atoms with E-state index >= 15 is 0 Å². The summed E-state index contributed by atoms with van der Waals surface area (Å²) in [5, 5.41) is 3.94. The molecule has 1 fully saturated rings. The zero-order chi connectivity index (χ0) is 24.5. The predicted octanol–water partition coefficient (Wildman–Crippen LogP) is 3.88. The molecule has 6 nitrogen and oxygen atoms in total. The van der Waals surface area contributed by atoms with Crippen molar-refractivity contribution >= 4 is 34.5 Å². The summed E-state index contributed by atoms with van der Waals surface area (Å²) in [6.45, 7) is 5.04. The van der Waals surface area contributed by atoms with Gasteiger partial charge in [-0.15, -0.1) is 22.7 Å². The summed E-state index contributed by atoms with van der Waals surface area (Å²) >= 11 is 3.13. The topological polar surface area (TPSA) is 53.1 Å². The lowest BCUT2D eigenvalue weighted by Crippen LogP contribution is -2.47. The van der Waals surface area contributed by atoms with Crippen molar-refractivity contribution in [2.45, 2.75) is 19.5 Å². The second-order valence-corrected chi connectivity index (χ2v) is 10.5. The van der Waals surface area contributed by atoms with E-state index in [2.05, 4.69) is 4.90 Å². The molecule has 3 aromatic rings. The van der Waals surface area contributed by atoms with Crippen LogP contribution in [0.15, 0.2) is 59.3 Å². The van der Waals surface area contributed by atoms with Crippen LogP contribution in [-0.2, 0) is 33.8 Å². The number of benzene rings is 1.